The second-order valence-electron chi connectivity index (χ2n) is 7.86. The molecule has 0 aliphatic carbocycles. The van der Waals surface area contributed by atoms with E-state index >= 15 is 0 Å². The van der Waals surface area contributed by atoms with Gasteiger partial charge in [0.15, 0.2) is 5.69 Å². The third kappa shape index (κ3) is 5.43. The van der Waals surface area contributed by atoms with Gasteiger partial charge in [0.2, 0.25) is 5.91 Å². The molecule has 3 rings (SSSR count). The topological polar surface area (TPSA) is 84.4 Å². The number of halogens is 1. The molecule has 0 fully saturated rings. The van der Waals surface area contributed by atoms with Crippen LogP contribution in [0.2, 0.25) is 0 Å². The van der Waals surface area contributed by atoms with Crippen molar-refractivity contribution in [3.63, 3.8) is 0 Å². The van der Waals surface area contributed by atoms with E-state index in [2.05, 4.69) is 14.9 Å². The lowest BCUT2D eigenvalue weighted by Gasteiger charge is -2.33. The molecule has 162 valence electrons. The molecule has 1 atom stereocenters. The Morgan fingerprint density at radius 1 is 1.10 bits per heavy atom. The van der Waals surface area contributed by atoms with Crippen molar-refractivity contribution in [2.75, 3.05) is 12.0 Å². The summed E-state index contributed by atoms with van der Waals surface area (Å²) in [6.07, 6.45) is 0. The Morgan fingerprint density at radius 2 is 1.74 bits per heavy atom. The lowest BCUT2D eigenvalue weighted by molar-refractivity contribution is -0.123. The number of anilines is 1. The van der Waals surface area contributed by atoms with Gasteiger partial charge in [-0.3, -0.25) is 14.5 Å². The van der Waals surface area contributed by atoms with Crippen molar-refractivity contribution in [1.82, 2.24) is 14.9 Å². The van der Waals surface area contributed by atoms with E-state index in [-0.39, 0.29) is 5.69 Å². The molecular formula is C22H23FN4O3S. The van der Waals surface area contributed by atoms with Gasteiger partial charge in [0.1, 0.15) is 17.6 Å². The number of nitrogens with one attached hydrogen (secondary N) is 1. The van der Waals surface area contributed by atoms with Gasteiger partial charge in [-0.15, -0.1) is 5.10 Å². The molecule has 3 aromatic rings. The van der Waals surface area contributed by atoms with Crippen molar-refractivity contribution >= 4 is 29.0 Å². The molecular weight excluding hydrogens is 419 g/mol. The minimum absolute atomic E-state index is 0.108. The van der Waals surface area contributed by atoms with Gasteiger partial charge in [-0.05, 0) is 74.3 Å². The van der Waals surface area contributed by atoms with Crippen LogP contribution < -0.4 is 15.0 Å². The molecule has 0 saturated heterocycles. The smallest absolute Gasteiger partial charge is 0.280 e. The standard InChI is InChI=1S/C22H23FN4O3S/c1-22(2,3)24-20(28)19(14-5-7-15(23)8-6-14)27(21(29)18-13-31-26-25-18)16-9-11-17(30-4)12-10-16/h5-13,19H,1-4H3,(H,24,28). The summed E-state index contributed by atoms with van der Waals surface area (Å²) < 4.78 is 22.6. The molecule has 0 aliphatic rings. The van der Waals surface area contributed by atoms with Gasteiger partial charge in [-0.1, -0.05) is 16.6 Å². The normalized spacial score (nSPS) is 12.2. The van der Waals surface area contributed by atoms with Crippen LogP contribution in [0, 0.1) is 5.82 Å². The lowest BCUT2D eigenvalue weighted by Crippen LogP contribution is -2.49. The van der Waals surface area contributed by atoms with Crippen LogP contribution in [0.3, 0.4) is 0 Å². The van der Waals surface area contributed by atoms with Gasteiger partial charge in [0.05, 0.1) is 7.11 Å². The largest absolute Gasteiger partial charge is 0.497 e. The van der Waals surface area contributed by atoms with Crippen molar-refractivity contribution in [2.24, 2.45) is 0 Å². The van der Waals surface area contributed by atoms with Crippen molar-refractivity contribution in [2.45, 2.75) is 32.4 Å². The van der Waals surface area contributed by atoms with Crippen LogP contribution in [-0.2, 0) is 4.79 Å². The third-order valence-electron chi connectivity index (χ3n) is 4.34. The fourth-order valence-corrected chi connectivity index (χ4v) is 3.44. The van der Waals surface area contributed by atoms with E-state index in [4.69, 9.17) is 4.74 Å². The summed E-state index contributed by atoms with van der Waals surface area (Å²) in [5.74, 6) is -0.752. The molecule has 1 heterocycles. The molecule has 7 nitrogen and oxygen atoms in total. The zero-order valence-electron chi connectivity index (χ0n) is 17.6. The zero-order valence-corrected chi connectivity index (χ0v) is 18.4. The number of benzene rings is 2. The van der Waals surface area contributed by atoms with Crippen LogP contribution in [0.15, 0.2) is 53.9 Å². The number of hydrogen-bond acceptors (Lipinski definition) is 6. The predicted molar refractivity (Wildman–Crippen MR) is 117 cm³/mol. The van der Waals surface area contributed by atoms with Crippen molar-refractivity contribution in [1.29, 1.82) is 0 Å². The number of nitrogens with zero attached hydrogens (tertiary/aromatic N) is 3. The minimum atomic E-state index is -1.07. The molecule has 1 aromatic heterocycles. The Kier molecular flexibility index (Phi) is 6.65. The second-order valence-corrected chi connectivity index (χ2v) is 8.47. The molecule has 0 spiro atoms. The number of methoxy groups -OCH3 is 1. The van der Waals surface area contributed by atoms with Crippen molar-refractivity contribution < 1.29 is 18.7 Å². The molecule has 0 saturated carbocycles. The average Bonchev–Trinajstić information content (AvgIpc) is 3.26. The van der Waals surface area contributed by atoms with Crippen LogP contribution in [0.4, 0.5) is 10.1 Å². The van der Waals surface area contributed by atoms with Crippen LogP contribution in [0.25, 0.3) is 0 Å². The predicted octanol–water partition coefficient (Wildman–Crippen LogP) is 3.99. The van der Waals surface area contributed by atoms with Gasteiger partial charge in [-0.25, -0.2) is 4.39 Å². The van der Waals surface area contributed by atoms with Crippen LogP contribution in [0.1, 0.15) is 42.9 Å². The highest BCUT2D eigenvalue weighted by atomic mass is 32.1. The Hall–Kier alpha value is -3.33. The van der Waals surface area contributed by atoms with Gasteiger partial charge >= 0.3 is 0 Å². The van der Waals surface area contributed by atoms with Gasteiger partial charge < -0.3 is 10.1 Å². The minimum Gasteiger partial charge on any atom is -0.497 e. The van der Waals surface area contributed by atoms with Crippen molar-refractivity contribution in [3.05, 3.63) is 71.0 Å². The molecule has 2 aromatic carbocycles. The Bertz CT molecular complexity index is 1030. The second kappa shape index (κ2) is 9.22. The molecule has 0 radical (unpaired) electrons. The van der Waals surface area contributed by atoms with Crippen molar-refractivity contribution in [3.8, 4) is 5.75 Å². The lowest BCUT2D eigenvalue weighted by atomic mass is 10.0. The van der Waals surface area contributed by atoms with E-state index in [0.29, 0.717) is 17.0 Å². The molecule has 31 heavy (non-hydrogen) atoms. The maximum Gasteiger partial charge on any atom is 0.280 e. The number of aromatic nitrogens is 2. The molecule has 9 heteroatoms. The first kappa shape index (κ1) is 22.4. The number of carbonyl (C=O) groups is 2. The summed E-state index contributed by atoms with van der Waals surface area (Å²) in [7, 11) is 1.54. The first-order chi connectivity index (χ1) is 14.7. The molecule has 1 N–H and O–H groups in total. The van der Waals surface area contributed by atoms with E-state index in [1.165, 1.54) is 41.7 Å². The average molecular weight is 443 g/mol. The molecule has 2 amide bonds. The van der Waals surface area contributed by atoms with E-state index in [0.717, 1.165) is 11.5 Å². The summed E-state index contributed by atoms with van der Waals surface area (Å²) in [6, 6.07) is 11.2. The monoisotopic (exact) mass is 442 g/mol. The van der Waals surface area contributed by atoms with E-state index in [1.807, 2.05) is 20.8 Å². The quantitative estimate of drug-likeness (QED) is 0.624. The first-order valence-corrected chi connectivity index (χ1v) is 10.4. The fraction of sp³-hybridized carbons (Fsp3) is 0.273. The van der Waals surface area contributed by atoms with E-state index in [1.54, 1.807) is 24.3 Å². The Morgan fingerprint density at radius 3 is 2.26 bits per heavy atom. The highest BCUT2D eigenvalue weighted by Crippen LogP contribution is 2.31. The molecule has 0 aliphatic heterocycles. The van der Waals surface area contributed by atoms with Gasteiger partial charge in [0.25, 0.3) is 5.91 Å². The molecule has 1 unspecified atom stereocenters. The van der Waals surface area contributed by atoms with Crippen LogP contribution in [-0.4, -0.2) is 34.1 Å². The molecule has 0 bridgehead atoms. The van der Waals surface area contributed by atoms with E-state index < -0.39 is 29.2 Å². The Labute approximate surface area is 184 Å². The van der Waals surface area contributed by atoms with Crippen LogP contribution in [0.5, 0.6) is 5.75 Å². The summed E-state index contributed by atoms with van der Waals surface area (Å²) >= 11 is 1.04. The van der Waals surface area contributed by atoms with Gasteiger partial charge in [0, 0.05) is 16.6 Å². The maximum atomic E-state index is 13.6. The van der Waals surface area contributed by atoms with E-state index in [9.17, 15) is 14.0 Å². The zero-order chi connectivity index (χ0) is 22.6. The Balaban J connectivity index is 2.16. The SMILES string of the molecule is COc1ccc(N(C(=O)c2csnn2)C(C(=O)NC(C)(C)C)c2ccc(F)cc2)cc1. The third-order valence-corrected chi connectivity index (χ3v) is 4.84. The fourth-order valence-electron chi connectivity index (χ4n) is 3.01. The summed E-state index contributed by atoms with van der Waals surface area (Å²) in [5, 5.41) is 8.32. The number of amides is 2. The number of ether oxygens (including phenoxy) is 1. The summed E-state index contributed by atoms with van der Waals surface area (Å²) in [4.78, 5) is 28.2. The maximum absolute atomic E-state index is 13.6. The highest BCUT2D eigenvalue weighted by Gasteiger charge is 2.35. The first-order valence-electron chi connectivity index (χ1n) is 9.52. The van der Waals surface area contributed by atoms with Gasteiger partial charge in [-0.2, -0.15) is 0 Å². The van der Waals surface area contributed by atoms with Crippen LogP contribution >= 0.6 is 11.5 Å². The number of hydrogen-bond donors (Lipinski definition) is 1. The number of rotatable bonds is 6. The summed E-state index contributed by atoms with van der Waals surface area (Å²) in [6.45, 7) is 5.53. The number of carbonyl (C=O) groups excluding carboxylic acids is 2. The highest BCUT2D eigenvalue weighted by molar-refractivity contribution is 7.03. The summed E-state index contributed by atoms with van der Waals surface area (Å²) in [5.41, 5.74) is 0.468.